The van der Waals surface area contributed by atoms with Crippen molar-refractivity contribution in [2.24, 2.45) is 5.92 Å². The molecule has 0 radical (unpaired) electrons. The average molecular weight is 432 g/mol. The molecular formula is C18H23Cl2N3O3S. The summed E-state index contributed by atoms with van der Waals surface area (Å²) in [4.78, 5) is 12.1. The zero-order valence-electron chi connectivity index (χ0n) is 15.9. The van der Waals surface area contributed by atoms with Gasteiger partial charge in [0, 0.05) is 5.75 Å². The van der Waals surface area contributed by atoms with Gasteiger partial charge in [0.05, 0.1) is 10.0 Å². The van der Waals surface area contributed by atoms with E-state index >= 15 is 0 Å². The average Bonchev–Trinajstić information content (AvgIpc) is 3.00. The molecule has 9 heteroatoms. The Morgan fingerprint density at radius 3 is 2.56 bits per heavy atom. The van der Waals surface area contributed by atoms with Crippen molar-refractivity contribution in [2.75, 3.05) is 0 Å². The molecule has 148 valence electrons. The second kappa shape index (κ2) is 9.17. The fourth-order valence-corrected chi connectivity index (χ4v) is 3.16. The number of rotatable bonds is 6. The second-order valence-corrected chi connectivity index (χ2v) is 9.05. The van der Waals surface area contributed by atoms with Crippen LogP contribution < -0.4 is 5.32 Å². The molecule has 1 heterocycles. The molecule has 27 heavy (non-hydrogen) atoms. The van der Waals surface area contributed by atoms with Crippen LogP contribution in [0.4, 0.5) is 4.79 Å². The Hall–Kier alpha value is -1.44. The number of carbonyl (C=O) groups is 1. The molecule has 0 bridgehead atoms. The lowest BCUT2D eigenvalue weighted by atomic mass is 10.1. The standard InChI is InChI=1S/C18H23Cl2N3O3S/c1-10(2)14(21-16(24)26-18(3,4)5)15-22-23-17(25-15)27-9-11-6-7-12(19)13(20)8-11/h6-8,10,14H,9H2,1-5H3,(H,21,24)/t14-/m1/s1. The zero-order valence-corrected chi connectivity index (χ0v) is 18.2. The van der Waals surface area contributed by atoms with Crippen LogP contribution in [-0.4, -0.2) is 21.9 Å². The predicted molar refractivity (Wildman–Crippen MR) is 107 cm³/mol. The van der Waals surface area contributed by atoms with Crippen molar-refractivity contribution in [2.45, 2.75) is 57.2 Å². The molecule has 1 amide bonds. The number of aromatic nitrogens is 2. The van der Waals surface area contributed by atoms with Crippen LogP contribution in [-0.2, 0) is 10.5 Å². The Kier molecular flexibility index (Phi) is 7.42. The molecule has 0 saturated heterocycles. The molecule has 6 nitrogen and oxygen atoms in total. The van der Waals surface area contributed by atoms with E-state index in [1.54, 1.807) is 32.9 Å². The third-order valence-corrected chi connectivity index (χ3v) is 5.00. The number of nitrogens with zero attached hydrogens (tertiary/aromatic N) is 2. The maximum absolute atomic E-state index is 12.1. The van der Waals surface area contributed by atoms with Gasteiger partial charge in [0.2, 0.25) is 5.89 Å². The number of nitrogens with one attached hydrogen (secondary N) is 1. The largest absolute Gasteiger partial charge is 0.444 e. The van der Waals surface area contributed by atoms with Crippen molar-refractivity contribution >= 4 is 41.1 Å². The van der Waals surface area contributed by atoms with Crippen molar-refractivity contribution in [3.05, 3.63) is 39.7 Å². The van der Waals surface area contributed by atoms with E-state index in [-0.39, 0.29) is 5.92 Å². The van der Waals surface area contributed by atoms with Gasteiger partial charge in [-0.25, -0.2) is 4.79 Å². The highest BCUT2D eigenvalue weighted by atomic mass is 35.5. The molecule has 1 N–H and O–H groups in total. The molecule has 0 unspecified atom stereocenters. The fourth-order valence-electron chi connectivity index (χ4n) is 2.13. The summed E-state index contributed by atoms with van der Waals surface area (Å²) in [6.45, 7) is 9.33. The minimum atomic E-state index is -0.582. The van der Waals surface area contributed by atoms with Crippen molar-refractivity contribution < 1.29 is 13.9 Å². The number of halogens is 2. The van der Waals surface area contributed by atoms with Gasteiger partial charge in [-0.05, 0) is 44.4 Å². The number of alkyl carbamates (subject to hydrolysis) is 1. The van der Waals surface area contributed by atoms with E-state index in [4.69, 9.17) is 32.4 Å². The summed E-state index contributed by atoms with van der Waals surface area (Å²) in [6, 6.07) is 5.00. The summed E-state index contributed by atoms with van der Waals surface area (Å²) in [5.41, 5.74) is 0.405. The highest BCUT2D eigenvalue weighted by molar-refractivity contribution is 7.98. The number of hydrogen-bond acceptors (Lipinski definition) is 6. The van der Waals surface area contributed by atoms with E-state index in [1.165, 1.54) is 11.8 Å². The highest BCUT2D eigenvalue weighted by Crippen LogP contribution is 2.29. The van der Waals surface area contributed by atoms with Crippen LogP contribution >= 0.6 is 35.0 Å². The molecule has 1 atom stereocenters. The van der Waals surface area contributed by atoms with Crippen molar-refractivity contribution in [1.82, 2.24) is 15.5 Å². The molecule has 0 aliphatic heterocycles. The molecule has 0 spiro atoms. The summed E-state index contributed by atoms with van der Waals surface area (Å²) >= 11 is 13.3. The Labute approximate surface area is 173 Å². The van der Waals surface area contributed by atoms with E-state index in [2.05, 4.69) is 15.5 Å². The number of thioether (sulfide) groups is 1. The Morgan fingerprint density at radius 2 is 1.96 bits per heavy atom. The van der Waals surface area contributed by atoms with Crippen LogP contribution in [0.5, 0.6) is 0 Å². The third-order valence-electron chi connectivity index (χ3n) is 3.37. The van der Waals surface area contributed by atoms with Crippen LogP contribution in [0, 0.1) is 5.92 Å². The lowest BCUT2D eigenvalue weighted by molar-refractivity contribution is 0.0477. The number of ether oxygens (including phenoxy) is 1. The topological polar surface area (TPSA) is 77.2 Å². The van der Waals surface area contributed by atoms with Crippen LogP contribution in [0.3, 0.4) is 0 Å². The summed E-state index contributed by atoms with van der Waals surface area (Å²) < 4.78 is 11.0. The zero-order chi connectivity index (χ0) is 20.2. The minimum Gasteiger partial charge on any atom is -0.444 e. The van der Waals surface area contributed by atoms with Gasteiger partial charge in [-0.1, -0.05) is 54.9 Å². The van der Waals surface area contributed by atoms with E-state index < -0.39 is 17.7 Å². The highest BCUT2D eigenvalue weighted by Gasteiger charge is 2.27. The number of benzene rings is 1. The third kappa shape index (κ3) is 6.90. The van der Waals surface area contributed by atoms with Crippen molar-refractivity contribution in [3.8, 4) is 0 Å². The second-order valence-electron chi connectivity index (χ2n) is 7.31. The Morgan fingerprint density at radius 1 is 1.26 bits per heavy atom. The summed E-state index contributed by atoms with van der Waals surface area (Å²) in [6.07, 6.45) is -0.524. The molecule has 0 aliphatic carbocycles. The normalized spacial score (nSPS) is 12.9. The lowest BCUT2D eigenvalue weighted by Gasteiger charge is -2.23. The maximum atomic E-state index is 12.1. The van der Waals surface area contributed by atoms with E-state index in [0.717, 1.165) is 5.56 Å². The predicted octanol–water partition coefficient (Wildman–Crippen LogP) is 5.89. The SMILES string of the molecule is CC(C)[C@@H](NC(=O)OC(C)(C)C)c1nnc(SCc2ccc(Cl)c(Cl)c2)o1. The Balaban J connectivity index is 2.02. The maximum Gasteiger partial charge on any atom is 0.408 e. The quantitative estimate of drug-likeness (QED) is 0.574. The summed E-state index contributed by atoms with van der Waals surface area (Å²) in [5, 5.41) is 12.3. The van der Waals surface area contributed by atoms with Crippen LogP contribution in [0.2, 0.25) is 10.0 Å². The molecule has 1 aromatic heterocycles. The molecule has 0 fully saturated rings. The van der Waals surface area contributed by atoms with Gasteiger partial charge < -0.3 is 14.5 Å². The molecule has 1 aromatic carbocycles. The number of hydrogen-bond donors (Lipinski definition) is 1. The van der Waals surface area contributed by atoms with Crippen molar-refractivity contribution in [1.29, 1.82) is 0 Å². The van der Waals surface area contributed by atoms with Gasteiger partial charge >= 0.3 is 6.09 Å². The van der Waals surface area contributed by atoms with Crippen LogP contribution in [0.1, 0.15) is 52.1 Å². The molecule has 0 saturated carbocycles. The van der Waals surface area contributed by atoms with Gasteiger partial charge in [0.1, 0.15) is 11.6 Å². The number of amides is 1. The minimum absolute atomic E-state index is 0.0471. The first kappa shape index (κ1) is 21.9. The molecule has 2 aromatic rings. The van der Waals surface area contributed by atoms with E-state index in [0.29, 0.717) is 26.9 Å². The van der Waals surface area contributed by atoms with Crippen LogP contribution in [0.25, 0.3) is 0 Å². The van der Waals surface area contributed by atoms with Gasteiger partial charge in [-0.3, -0.25) is 0 Å². The fraction of sp³-hybridized carbons (Fsp3) is 0.500. The Bertz CT molecular complexity index is 790. The smallest absolute Gasteiger partial charge is 0.408 e. The lowest BCUT2D eigenvalue weighted by Crippen LogP contribution is -2.37. The van der Waals surface area contributed by atoms with Crippen LogP contribution in [0.15, 0.2) is 27.8 Å². The molecular weight excluding hydrogens is 409 g/mol. The molecule has 2 rings (SSSR count). The van der Waals surface area contributed by atoms with Gasteiger partial charge in [-0.2, -0.15) is 0 Å². The van der Waals surface area contributed by atoms with Gasteiger partial charge in [0.25, 0.3) is 5.22 Å². The monoisotopic (exact) mass is 431 g/mol. The van der Waals surface area contributed by atoms with Gasteiger partial charge in [-0.15, -0.1) is 10.2 Å². The van der Waals surface area contributed by atoms with E-state index in [9.17, 15) is 4.79 Å². The van der Waals surface area contributed by atoms with Gasteiger partial charge in [0.15, 0.2) is 0 Å². The van der Waals surface area contributed by atoms with Crippen molar-refractivity contribution in [3.63, 3.8) is 0 Å². The first-order chi connectivity index (χ1) is 12.5. The first-order valence-electron chi connectivity index (χ1n) is 8.45. The number of carbonyl (C=O) groups excluding carboxylic acids is 1. The first-order valence-corrected chi connectivity index (χ1v) is 10.2. The summed E-state index contributed by atoms with van der Waals surface area (Å²) in [5.74, 6) is 0.989. The molecule has 0 aliphatic rings. The summed E-state index contributed by atoms with van der Waals surface area (Å²) in [7, 11) is 0. The van der Waals surface area contributed by atoms with E-state index in [1.807, 2.05) is 19.9 Å².